The number of rotatable bonds is 4. The summed E-state index contributed by atoms with van der Waals surface area (Å²) in [6.45, 7) is 1.46. The molecule has 0 unspecified atom stereocenters. The van der Waals surface area contributed by atoms with Crippen molar-refractivity contribution < 1.29 is 19.1 Å². The molecule has 3 aliphatic rings. The van der Waals surface area contributed by atoms with Gasteiger partial charge in [-0.1, -0.05) is 24.3 Å². The van der Waals surface area contributed by atoms with E-state index in [0.29, 0.717) is 0 Å². The predicted octanol–water partition coefficient (Wildman–Crippen LogP) is 0.0455. The number of nitrogens with one attached hydrogen (secondary N) is 3. The van der Waals surface area contributed by atoms with Gasteiger partial charge in [-0.15, -0.1) is 0 Å². The number of imide groups is 1. The summed E-state index contributed by atoms with van der Waals surface area (Å²) < 4.78 is 5.91. The smallest absolute Gasteiger partial charge is 0.325 e. The minimum absolute atomic E-state index is 0.0603. The van der Waals surface area contributed by atoms with Crippen LogP contribution in [-0.4, -0.2) is 62.1 Å². The van der Waals surface area contributed by atoms with Crippen LogP contribution in [0.15, 0.2) is 24.3 Å². The van der Waals surface area contributed by atoms with Crippen molar-refractivity contribution in [1.29, 1.82) is 0 Å². The summed E-state index contributed by atoms with van der Waals surface area (Å²) in [5, 5.41) is 8.84. The van der Waals surface area contributed by atoms with Crippen LogP contribution in [-0.2, 0) is 19.7 Å². The number of methoxy groups -OCH3 is 1. The van der Waals surface area contributed by atoms with Crippen LogP contribution in [0.5, 0.6) is 0 Å². The van der Waals surface area contributed by atoms with E-state index in [9.17, 15) is 14.4 Å². The van der Waals surface area contributed by atoms with Crippen LogP contribution in [0.4, 0.5) is 4.79 Å². The lowest BCUT2D eigenvalue weighted by Gasteiger charge is -2.40. The molecule has 8 heteroatoms. The van der Waals surface area contributed by atoms with E-state index < -0.39 is 6.03 Å². The van der Waals surface area contributed by atoms with Crippen LogP contribution >= 0.6 is 0 Å². The Balaban J connectivity index is 1.59. The molecule has 1 aliphatic carbocycles. The number of carbonyl (C=O) groups is 3. The highest BCUT2D eigenvalue weighted by Crippen LogP contribution is 2.51. The first-order valence-corrected chi connectivity index (χ1v) is 9.27. The van der Waals surface area contributed by atoms with Gasteiger partial charge in [0, 0.05) is 12.5 Å². The lowest BCUT2D eigenvalue weighted by molar-refractivity contribution is -0.131. The van der Waals surface area contributed by atoms with E-state index in [1.165, 1.54) is 5.56 Å². The standard InChI is InChI=1S/C19H24N4O4/c1-27-17-16(22-14(24)11-23-15(25)10-21-18(23)26)12-4-2-3-5-13(12)19(17)6-8-20-9-7-19/h2-5,16-17,20H,6-11H2,1H3,(H,21,26)(H,22,24)/t16-,17+/m1/s1. The van der Waals surface area contributed by atoms with Gasteiger partial charge in [0.2, 0.25) is 5.91 Å². The van der Waals surface area contributed by atoms with Crippen LogP contribution in [0.3, 0.4) is 0 Å². The maximum atomic E-state index is 12.6. The molecule has 0 aromatic heterocycles. The number of hydrogen-bond donors (Lipinski definition) is 3. The third-order valence-corrected chi connectivity index (χ3v) is 5.98. The van der Waals surface area contributed by atoms with Crippen molar-refractivity contribution in [3.8, 4) is 0 Å². The van der Waals surface area contributed by atoms with Gasteiger partial charge in [-0.2, -0.15) is 0 Å². The molecule has 3 N–H and O–H groups in total. The number of ether oxygens (including phenoxy) is 1. The topological polar surface area (TPSA) is 99.8 Å². The van der Waals surface area contributed by atoms with E-state index >= 15 is 0 Å². The fourth-order valence-corrected chi connectivity index (χ4v) is 4.78. The summed E-state index contributed by atoms with van der Waals surface area (Å²) in [7, 11) is 1.68. The minimum atomic E-state index is -0.528. The van der Waals surface area contributed by atoms with Gasteiger partial charge in [0.05, 0.1) is 18.7 Å². The van der Waals surface area contributed by atoms with Crippen LogP contribution in [0.2, 0.25) is 0 Å². The average Bonchev–Trinajstić information content (AvgIpc) is 3.12. The maximum Gasteiger partial charge on any atom is 0.325 e. The van der Waals surface area contributed by atoms with Gasteiger partial charge in [0.15, 0.2) is 0 Å². The van der Waals surface area contributed by atoms with Gasteiger partial charge < -0.3 is 20.7 Å². The van der Waals surface area contributed by atoms with E-state index in [-0.39, 0.29) is 42.5 Å². The fraction of sp³-hybridized carbons (Fsp3) is 0.526. The molecule has 4 amide bonds. The molecular formula is C19H24N4O4. The number of hydrogen-bond acceptors (Lipinski definition) is 5. The normalized spacial score (nSPS) is 26.2. The number of carbonyl (C=O) groups excluding carboxylic acids is 3. The molecule has 1 aromatic rings. The predicted molar refractivity (Wildman–Crippen MR) is 97.0 cm³/mol. The Morgan fingerprint density at radius 2 is 2.04 bits per heavy atom. The summed E-state index contributed by atoms with van der Waals surface area (Å²) in [5.41, 5.74) is 2.13. The molecule has 0 bridgehead atoms. The second-order valence-electron chi connectivity index (χ2n) is 7.33. The highest BCUT2D eigenvalue weighted by atomic mass is 16.5. The fourth-order valence-electron chi connectivity index (χ4n) is 4.78. The summed E-state index contributed by atoms with van der Waals surface area (Å²) in [4.78, 5) is 37.0. The highest BCUT2D eigenvalue weighted by molar-refractivity contribution is 6.04. The van der Waals surface area contributed by atoms with Gasteiger partial charge in [0.25, 0.3) is 5.91 Å². The Bertz CT molecular complexity index is 759. The monoisotopic (exact) mass is 372 g/mol. The zero-order chi connectivity index (χ0) is 19.0. The molecule has 144 valence electrons. The molecule has 27 heavy (non-hydrogen) atoms. The van der Waals surface area contributed by atoms with Crippen molar-refractivity contribution in [2.24, 2.45) is 0 Å². The molecule has 2 saturated heterocycles. The van der Waals surface area contributed by atoms with Gasteiger partial charge in [-0.05, 0) is 37.1 Å². The molecule has 2 atom stereocenters. The Morgan fingerprint density at radius 1 is 1.30 bits per heavy atom. The highest BCUT2D eigenvalue weighted by Gasteiger charge is 2.53. The first-order chi connectivity index (χ1) is 13.1. The van der Waals surface area contributed by atoms with E-state index in [0.717, 1.165) is 36.4 Å². The molecule has 2 fully saturated rings. The second kappa shape index (κ2) is 6.94. The number of amides is 4. The molecule has 4 rings (SSSR count). The first-order valence-electron chi connectivity index (χ1n) is 9.27. The van der Waals surface area contributed by atoms with E-state index in [1.54, 1.807) is 7.11 Å². The van der Waals surface area contributed by atoms with Gasteiger partial charge in [-0.3, -0.25) is 14.5 Å². The zero-order valence-electron chi connectivity index (χ0n) is 15.3. The van der Waals surface area contributed by atoms with Gasteiger partial charge in [0.1, 0.15) is 6.54 Å². The van der Waals surface area contributed by atoms with E-state index in [1.807, 2.05) is 18.2 Å². The lowest BCUT2D eigenvalue weighted by Crippen LogP contribution is -2.50. The Kier molecular flexibility index (Phi) is 4.61. The lowest BCUT2D eigenvalue weighted by atomic mass is 9.72. The molecule has 0 radical (unpaired) electrons. The van der Waals surface area contributed by atoms with Crippen molar-refractivity contribution in [3.63, 3.8) is 0 Å². The molecule has 1 aromatic carbocycles. The Labute approximate surface area is 157 Å². The largest absolute Gasteiger partial charge is 0.378 e. The van der Waals surface area contributed by atoms with Crippen molar-refractivity contribution >= 4 is 17.8 Å². The summed E-state index contributed by atoms with van der Waals surface area (Å²) >= 11 is 0. The number of fused-ring (bicyclic) bond motifs is 2. The Morgan fingerprint density at radius 3 is 2.70 bits per heavy atom. The van der Waals surface area contributed by atoms with E-state index in [2.05, 4.69) is 22.0 Å². The quantitative estimate of drug-likeness (QED) is 0.649. The second-order valence-corrected chi connectivity index (χ2v) is 7.33. The van der Waals surface area contributed by atoms with Crippen molar-refractivity contribution in [2.45, 2.75) is 30.4 Å². The van der Waals surface area contributed by atoms with Crippen LogP contribution in [0.25, 0.3) is 0 Å². The molecule has 2 heterocycles. The average molecular weight is 372 g/mol. The summed E-state index contributed by atoms with van der Waals surface area (Å²) in [5.74, 6) is -0.756. The number of urea groups is 1. The SMILES string of the molecule is CO[C@H]1[C@H](NC(=O)CN2C(=O)CNC2=O)c2ccccc2C12CCNCC2. The van der Waals surface area contributed by atoms with Gasteiger partial charge >= 0.3 is 6.03 Å². The number of piperidine rings is 1. The van der Waals surface area contributed by atoms with Crippen LogP contribution in [0, 0.1) is 0 Å². The van der Waals surface area contributed by atoms with Crippen LogP contribution in [0.1, 0.15) is 30.0 Å². The third kappa shape index (κ3) is 2.89. The summed E-state index contributed by atoms with van der Waals surface area (Å²) in [6, 6.07) is 7.29. The Hall–Kier alpha value is -2.45. The van der Waals surface area contributed by atoms with E-state index in [4.69, 9.17) is 4.74 Å². The van der Waals surface area contributed by atoms with Crippen LogP contribution < -0.4 is 16.0 Å². The third-order valence-electron chi connectivity index (χ3n) is 5.98. The molecular weight excluding hydrogens is 348 g/mol. The number of nitrogens with zero attached hydrogens (tertiary/aromatic N) is 1. The van der Waals surface area contributed by atoms with Crippen molar-refractivity contribution in [2.75, 3.05) is 33.3 Å². The maximum absolute atomic E-state index is 12.6. The molecule has 8 nitrogen and oxygen atoms in total. The first kappa shape index (κ1) is 17.9. The van der Waals surface area contributed by atoms with Crippen molar-refractivity contribution in [3.05, 3.63) is 35.4 Å². The van der Waals surface area contributed by atoms with Gasteiger partial charge in [-0.25, -0.2) is 4.79 Å². The molecule has 2 aliphatic heterocycles. The summed E-state index contributed by atoms with van der Waals surface area (Å²) in [6.07, 6.45) is 1.67. The zero-order valence-corrected chi connectivity index (χ0v) is 15.3. The molecule has 1 spiro atoms. The molecule has 0 saturated carbocycles. The minimum Gasteiger partial charge on any atom is -0.378 e. The van der Waals surface area contributed by atoms with Crippen molar-refractivity contribution in [1.82, 2.24) is 20.9 Å². The number of benzene rings is 1.